The van der Waals surface area contributed by atoms with Gasteiger partial charge in [0.05, 0.1) is 15.7 Å². The van der Waals surface area contributed by atoms with Crippen molar-refractivity contribution in [3.63, 3.8) is 0 Å². The van der Waals surface area contributed by atoms with Gasteiger partial charge in [-0.1, -0.05) is 29.3 Å². The maximum absolute atomic E-state index is 13.7. The number of rotatable bonds is 2. The Hall–Kier alpha value is -2.71. The summed E-state index contributed by atoms with van der Waals surface area (Å²) in [5.41, 5.74) is -2.31. The Morgan fingerprint density at radius 3 is 2.24 bits per heavy atom. The summed E-state index contributed by atoms with van der Waals surface area (Å²) in [6, 6.07) is 6.52. The molecule has 0 atom stereocenters. The van der Waals surface area contributed by atoms with Gasteiger partial charge in [-0.2, -0.15) is 4.57 Å². The molecule has 0 saturated heterocycles. The van der Waals surface area contributed by atoms with E-state index in [1.807, 2.05) is 0 Å². The van der Waals surface area contributed by atoms with Gasteiger partial charge in [-0.15, -0.1) is 4.74 Å². The molecular weight excluding hydrogens is 381 g/mol. The third kappa shape index (κ3) is 2.90. The van der Waals surface area contributed by atoms with Gasteiger partial charge < -0.3 is 4.52 Å². The Morgan fingerprint density at radius 1 is 1.00 bits per heavy atom. The molecule has 1 heterocycles. The number of benzene rings is 2. The lowest BCUT2D eigenvalue weighted by atomic mass is 10.2. The zero-order valence-electron chi connectivity index (χ0n) is 12.0. The fourth-order valence-electron chi connectivity index (χ4n) is 2.09. The topological polar surface area (TPSA) is 74.2 Å². The molecule has 128 valence electrons. The normalized spacial score (nSPS) is 10.9. The van der Waals surface area contributed by atoms with Gasteiger partial charge in [0.15, 0.2) is 0 Å². The van der Waals surface area contributed by atoms with Crippen LogP contribution in [0.3, 0.4) is 0 Å². The van der Waals surface area contributed by atoms with Crippen LogP contribution in [0.2, 0.25) is 10.0 Å². The number of nitrogens with zero attached hydrogens (tertiary/aromatic N) is 2. The van der Waals surface area contributed by atoms with E-state index in [1.165, 1.54) is 18.2 Å². The molecule has 10 heteroatoms. The van der Waals surface area contributed by atoms with E-state index in [0.717, 1.165) is 18.2 Å². The van der Waals surface area contributed by atoms with Crippen molar-refractivity contribution in [2.24, 2.45) is 0 Å². The lowest BCUT2D eigenvalue weighted by Crippen LogP contribution is -2.35. The Labute approximate surface area is 147 Å². The van der Waals surface area contributed by atoms with Crippen molar-refractivity contribution in [2.75, 3.05) is 0 Å². The number of halogens is 4. The van der Waals surface area contributed by atoms with E-state index in [4.69, 9.17) is 27.7 Å². The predicted molar refractivity (Wildman–Crippen MR) is 84.7 cm³/mol. The van der Waals surface area contributed by atoms with E-state index in [9.17, 15) is 23.2 Å². The molecule has 2 aromatic carbocycles. The van der Waals surface area contributed by atoms with Crippen LogP contribution in [0, 0.1) is 11.6 Å². The molecule has 0 saturated carbocycles. The molecule has 0 amide bonds. The number of carbonyl (C=O) groups excluding carboxylic acids is 1. The highest BCUT2D eigenvalue weighted by Gasteiger charge is 2.26. The summed E-state index contributed by atoms with van der Waals surface area (Å²) in [6.45, 7) is 0. The van der Waals surface area contributed by atoms with Crippen molar-refractivity contribution < 1.29 is 18.1 Å². The van der Waals surface area contributed by atoms with Gasteiger partial charge in [0.1, 0.15) is 17.2 Å². The summed E-state index contributed by atoms with van der Waals surface area (Å²) in [6.07, 6.45) is 0. The maximum Gasteiger partial charge on any atom is 0.450 e. The summed E-state index contributed by atoms with van der Waals surface area (Å²) in [4.78, 5) is 36.4. The fraction of sp³-hybridized carbons (Fsp3) is 0. The van der Waals surface area contributed by atoms with Crippen LogP contribution in [0.5, 0.6) is 0 Å². The van der Waals surface area contributed by atoms with Crippen LogP contribution in [0.4, 0.5) is 8.78 Å². The van der Waals surface area contributed by atoms with E-state index >= 15 is 0 Å². The van der Waals surface area contributed by atoms with Crippen LogP contribution < -0.4 is 11.4 Å². The molecule has 6 nitrogen and oxygen atoms in total. The van der Waals surface area contributed by atoms with Crippen LogP contribution in [0.15, 0.2) is 50.5 Å². The molecular formula is C15H6Cl2F2N2O4. The first-order valence-corrected chi connectivity index (χ1v) is 7.36. The first kappa shape index (κ1) is 17.1. The number of hydrogen-bond donors (Lipinski definition) is 0. The molecule has 0 spiro atoms. The Bertz CT molecular complexity index is 1100. The molecule has 0 unspecified atom stereocenters. The Kier molecular flexibility index (Phi) is 4.32. The summed E-state index contributed by atoms with van der Waals surface area (Å²) in [7, 11) is 0. The average Bonchev–Trinajstić information content (AvgIpc) is 2.84. The summed E-state index contributed by atoms with van der Waals surface area (Å²) >= 11 is 11.6. The van der Waals surface area contributed by atoms with Gasteiger partial charge >= 0.3 is 11.4 Å². The molecule has 1 aromatic heterocycles. The van der Waals surface area contributed by atoms with Crippen LogP contribution in [-0.2, 0) is 0 Å². The van der Waals surface area contributed by atoms with Gasteiger partial charge in [-0.3, -0.25) is 4.79 Å². The lowest BCUT2D eigenvalue weighted by molar-refractivity contribution is 0.0940. The van der Waals surface area contributed by atoms with Crippen molar-refractivity contribution in [3.8, 4) is 5.69 Å². The quantitative estimate of drug-likeness (QED) is 0.678. The number of hydrogen-bond acceptors (Lipinski definition) is 4. The second-order valence-corrected chi connectivity index (χ2v) is 5.58. The highest BCUT2D eigenvalue weighted by atomic mass is 35.5. The van der Waals surface area contributed by atoms with E-state index in [0.29, 0.717) is 4.74 Å². The van der Waals surface area contributed by atoms with Gasteiger partial charge in [0.25, 0.3) is 5.91 Å². The molecule has 0 aliphatic carbocycles. The highest BCUT2D eigenvalue weighted by Crippen LogP contribution is 2.23. The SMILES string of the molecule is O=C(c1c(F)cccc1F)n1c(=O)on(-c2ccc(Cl)c(Cl)c2)c1=O. The largest absolute Gasteiger partial charge is 0.450 e. The maximum atomic E-state index is 13.7. The zero-order valence-corrected chi connectivity index (χ0v) is 13.5. The molecule has 0 aliphatic rings. The van der Waals surface area contributed by atoms with Gasteiger partial charge in [0.2, 0.25) is 0 Å². The fourth-order valence-corrected chi connectivity index (χ4v) is 2.38. The lowest BCUT2D eigenvalue weighted by Gasteiger charge is -2.02. The molecule has 0 N–H and O–H groups in total. The van der Waals surface area contributed by atoms with E-state index in [-0.39, 0.29) is 20.3 Å². The zero-order chi connectivity index (χ0) is 18.3. The molecule has 3 rings (SSSR count). The minimum Gasteiger partial charge on any atom is -0.311 e. The third-order valence-corrected chi connectivity index (χ3v) is 3.97. The minimum atomic E-state index is -1.49. The second kappa shape index (κ2) is 6.30. The predicted octanol–water partition coefficient (Wildman–Crippen LogP) is 2.87. The monoisotopic (exact) mass is 386 g/mol. The number of aromatic nitrogens is 2. The standard InChI is InChI=1S/C15H6Cl2F2N2O4/c16-8-5-4-7(6-9(8)17)21-14(23)20(15(24)25-21)13(22)12-10(18)2-1-3-11(12)19/h1-6H. The smallest absolute Gasteiger partial charge is 0.311 e. The molecule has 0 aliphatic heterocycles. The molecule has 25 heavy (non-hydrogen) atoms. The summed E-state index contributed by atoms with van der Waals surface area (Å²) in [5.74, 6) is -5.35. The number of carbonyl (C=O) groups is 1. The van der Waals surface area contributed by atoms with Crippen molar-refractivity contribution >= 4 is 29.1 Å². The third-order valence-electron chi connectivity index (χ3n) is 3.23. The first-order chi connectivity index (χ1) is 11.8. The van der Waals surface area contributed by atoms with Crippen LogP contribution in [-0.4, -0.2) is 15.2 Å². The van der Waals surface area contributed by atoms with Gasteiger partial charge in [-0.25, -0.2) is 18.4 Å². The van der Waals surface area contributed by atoms with Crippen molar-refractivity contribution in [1.29, 1.82) is 0 Å². The van der Waals surface area contributed by atoms with Crippen molar-refractivity contribution in [1.82, 2.24) is 9.31 Å². The molecule has 0 fully saturated rings. The van der Waals surface area contributed by atoms with Crippen LogP contribution >= 0.6 is 23.2 Å². The minimum absolute atomic E-state index is 0.00273. The van der Waals surface area contributed by atoms with Crippen LogP contribution in [0.1, 0.15) is 10.4 Å². The molecule has 0 bridgehead atoms. The summed E-state index contributed by atoms with van der Waals surface area (Å²) in [5, 5.41) is 0.248. The Morgan fingerprint density at radius 2 is 1.64 bits per heavy atom. The second-order valence-electron chi connectivity index (χ2n) is 4.77. The average molecular weight is 387 g/mol. The Balaban J connectivity index is 2.18. The first-order valence-electron chi connectivity index (χ1n) is 6.61. The van der Waals surface area contributed by atoms with E-state index < -0.39 is 34.6 Å². The highest BCUT2D eigenvalue weighted by molar-refractivity contribution is 6.42. The van der Waals surface area contributed by atoms with E-state index in [1.54, 1.807) is 0 Å². The van der Waals surface area contributed by atoms with Gasteiger partial charge in [-0.05, 0) is 30.3 Å². The van der Waals surface area contributed by atoms with E-state index in [2.05, 4.69) is 0 Å². The van der Waals surface area contributed by atoms with Crippen molar-refractivity contribution in [3.05, 3.63) is 84.7 Å². The van der Waals surface area contributed by atoms with Crippen molar-refractivity contribution in [2.45, 2.75) is 0 Å². The summed E-state index contributed by atoms with van der Waals surface area (Å²) < 4.78 is 32.6. The molecule has 3 aromatic rings. The van der Waals surface area contributed by atoms with Crippen LogP contribution in [0.25, 0.3) is 5.69 Å². The van der Waals surface area contributed by atoms with Gasteiger partial charge in [0, 0.05) is 0 Å². The molecule has 0 radical (unpaired) electrons.